The molecule has 19 heavy (non-hydrogen) atoms. The quantitative estimate of drug-likeness (QED) is 0.930. The molecule has 0 aliphatic carbocycles. The van der Waals surface area contributed by atoms with Crippen molar-refractivity contribution in [1.29, 1.82) is 0 Å². The maximum absolute atomic E-state index is 12.3. The number of halogens is 1. The van der Waals surface area contributed by atoms with Crippen LogP contribution in [0.5, 0.6) is 0 Å². The van der Waals surface area contributed by atoms with Crippen LogP contribution in [0.4, 0.5) is 0 Å². The highest BCUT2D eigenvalue weighted by atomic mass is 35.5. The summed E-state index contributed by atoms with van der Waals surface area (Å²) < 4.78 is 32.7. The van der Waals surface area contributed by atoms with Crippen LogP contribution in [0.3, 0.4) is 0 Å². The van der Waals surface area contributed by atoms with Gasteiger partial charge in [-0.25, -0.2) is 13.1 Å². The van der Waals surface area contributed by atoms with Crippen LogP contribution in [0.25, 0.3) is 0 Å². The molecule has 1 saturated heterocycles. The van der Waals surface area contributed by atoms with Crippen molar-refractivity contribution in [3.63, 3.8) is 0 Å². The normalized spacial score (nSPS) is 21.5. The summed E-state index contributed by atoms with van der Waals surface area (Å²) in [6, 6.07) is 4.65. The van der Waals surface area contributed by atoms with Crippen molar-refractivity contribution in [3.05, 3.63) is 28.8 Å². The predicted octanol–water partition coefficient (Wildman–Crippen LogP) is 2.49. The van der Waals surface area contributed by atoms with Crippen LogP contribution < -0.4 is 4.72 Å². The molecule has 6 heteroatoms. The van der Waals surface area contributed by atoms with Gasteiger partial charge in [0.05, 0.1) is 11.1 Å². The second kappa shape index (κ2) is 5.79. The summed E-state index contributed by atoms with van der Waals surface area (Å²) in [6.45, 7) is 4.38. The van der Waals surface area contributed by atoms with Gasteiger partial charge in [0, 0.05) is 12.6 Å². The Labute approximate surface area is 119 Å². The fourth-order valence-electron chi connectivity index (χ4n) is 2.20. The van der Waals surface area contributed by atoms with Crippen molar-refractivity contribution in [1.82, 2.24) is 4.72 Å². The number of benzene rings is 1. The summed E-state index contributed by atoms with van der Waals surface area (Å²) in [4.78, 5) is 0.115. The zero-order valence-electron chi connectivity index (χ0n) is 11.0. The topological polar surface area (TPSA) is 55.4 Å². The third-order valence-corrected chi connectivity index (χ3v) is 5.28. The number of aryl methyl sites for hydroxylation is 1. The smallest absolute Gasteiger partial charge is 0.242 e. The molecule has 2 rings (SSSR count). The third-order valence-electron chi connectivity index (χ3n) is 3.24. The summed E-state index contributed by atoms with van der Waals surface area (Å²) in [5.74, 6) is 0. The van der Waals surface area contributed by atoms with Crippen LogP contribution in [-0.2, 0) is 14.8 Å². The second-order valence-electron chi connectivity index (χ2n) is 4.90. The minimum absolute atomic E-state index is 0.0565. The van der Waals surface area contributed by atoms with Gasteiger partial charge in [0.15, 0.2) is 0 Å². The summed E-state index contributed by atoms with van der Waals surface area (Å²) in [5, 5.41) is 0.243. The largest absolute Gasteiger partial charge is 0.377 e. The van der Waals surface area contributed by atoms with Crippen LogP contribution >= 0.6 is 11.6 Å². The van der Waals surface area contributed by atoms with E-state index in [2.05, 4.69) is 4.72 Å². The van der Waals surface area contributed by atoms with Gasteiger partial charge < -0.3 is 4.74 Å². The Morgan fingerprint density at radius 1 is 1.47 bits per heavy atom. The molecule has 1 N–H and O–H groups in total. The third kappa shape index (κ3) is 3.48. The van der Waals surface area contributed by atoms with Crippen LogP contribution in [-0.4, -0.2) is 27.2 Å². The molecule has 0 saturated carbocycles. The van der Waals surface area contributed by atoms with E-state index in [0.29, 0.717) is 6.61 Å². The highest BCUT2D eigenvalue weighted by Gasteiger charge is 2.27. The highest BCUT2D eigenvalue weighted by Crippen LogP contribution is 2.24. The van der Waals surface area contributed by atoms with E-state index in [0.717, 1.165) is 18.4 Å². The molecule has 0 amide bonds. The first kappa shape index (κ1) is 14.8. The number of rotatable bonds is 4. The molecule has 1 heterocycles. The Kier molecular flexibility index (Phi) is 4.50. The predicted molar refractivity (Wildman–Crippen MR) is 74.9 cm³/mol. The second-order valence-corrected chi connectivity index (χ2v) is 6.98. The molecular formula is C13H18ClNO3S. The van der Waals surface area contributed by atoms with E-state index in [1.54, 1.807) is 12.1 Å². The lowest BCUT2D eigenvalue weighted by Crippen LogP contribution is -2.40. The van der Waals surface area contributed by atoms with Crippen LogP contribution in [0, 0.1) is 6.92 Å². The Bertz CT molecular complexity index is 553. The molecule has 4 nitrogen and oxygen atoms in total. The molecule has 0 radical (unpaired) electrons. The van der Waals surface area contributed by atoms with Crippen molar-refractivity contribution < 1.29 is 13.2 Å². The molecule has 0 spiro atoms. The lowest BCUT2D eigenvalue weighted by molar-refractivity contribution is 0.0902. The Hall–Kier alpha value is -0.620. The maximum atomic E-state index is 12.3. The molecule has 1 aromatic carbocycles. The van der Waals surface area contributed by atoms with Gasteiger partial charge in [-0.3, -0.25) is 0 Å². The lowest BCUT2D eigenvalue weighted by atomic mass is 10.1. The van der Waals surface area contributed by atoms with Gasteiger partial charge in [-0.1, -0.05) is 17.7 Å². The summed E-state index contributed by atoms with van der Waals surface area (Å²) in [6.07, 6.45) is 1.80. The van der Waals surface area contributed by atoms with Crippen LogP contribution in [0.15, 0.2) is 23.1 Å². The number of hydrogen-bond donors (Lipinski definition) is 1. The molecular weight excluding hydrogens is 286 g/mol. The van der Waals surface area contributed by atoms with Gasteiger partial charge in [-0.2, -0.15) is 0 Å². The molecule has 1 aromatic rings. The number of sulfonamides is 1. The van der Waals surface area contributed by atoms with Gasteiger partial charge in [0.1, 0.15) is 4.90 Å². The SMILES string of the molecule is Cc1ccc(S(=O)(=O)N[C@@H](C)[C@@H]2CCCO2)c(Cl)c1. The molecule has 1 fully saturated rings. The first-order valence-electron chi connectivity index (χ1n) is 6.30. The first-order chi connectivity index (χ1) is 8.90. The zero-order chi connectivity index (χ0) is 14.0. The first-order valence-corrected chi connectivity index (χ1v) is 8.16. The van der Waals surface area contributed by atoms with Gasteiger partial charge in [-0.15, -0.1) is 0 Å². The van der Waals surface area contributed by atoms with Crippen molar-refractivity contribution in [3.8, 4) is 0 Å². The summed E-state index contributed by atoms with van der Waals surface area (Å²) in [5.41, 5.74) is 0.927. The van der Waals surface area contributed by atoms with Crippen molar-refractivity contribution in [2.24, 2.45) is 0 Å². The van der Waals surface area contributed by atoms with E-state index in [1.165, 1.54) is 6.07 Å². The molecule has 1 aliphatic rings. The number of hydrogen-bond acceptors (Lipinski definition) is 3. The Balaban J connectivity index is 2.17. The number of ether oxygens (including phenoxy) is 1. The van der Waals surface area contributed by atoms with Crippen LogP contribution in [0.2, 0.25) is 5.02 Å². The fourth-order valence-corrected chi connectivity index (χ4v) is 4.08. The minimum atomic E-state index is -3.61. The Morgan fingerprint density at radius 2 is 2.21 bits per heavy atom. The van der Waals surface area contributed by atoms with Gasteiger partial charge in [-0.05, 0) is 44.4 Å². The van der Waals surface area contributed by atoms with Gasteiger partial charge in [0.2, 0.25) is 10.0 Å². The van der Waals surface area contributed by atoms with E-state index < -0.39 is 10.0 Å². The average molecular weight is 304 g/mol. The molecule has 0 aromatic heterocycles. The average Bonchev–Trinajstić information content (AvgIpc) is 2.80. The van der Waals surface area contributed by atoms with E-state index in [9.17, 15) is 8.42 Å². The van der Waals surface area contributed by atoms with Crippen molar-refractivity contribution >= 4 is 21.6 Å². The highest BCUT2D eigenvalue weighted by molar-refractivity contribution is 7.89. The van der Waals surface area contributed by atoms with Crippen LogP contribution in [0.1, 0.15) is 25.3 Å². The van der Waals surface area contributed by atoms with Gasteiger partial charge >= 0.3 is 0 Å². The lowest BCUT2D eigenvalue weighted by Gasteiger charge is -2.20. The fraction of sp³-hybridized carbons (Fsp3) is 0.538. The van der Waals surface area contributed by atoms with E-state index in [4.69, 9.17) is 16.3 Å². The minimum Gasteiger partial charge on any atom is -0.377 e. The molecule has 1 aliphatic heterocycles. The number of nitrogens with one attached hydrogen (secondary N) is 1. The Morgan fingerprint density at radius 3 is 2.79 bits per heavy atom. The maximum Gasteiger partial charge on any atom is 0.242 e. The van der Waals surface area contributed by atoms with Crippen molar-refractivity contribution in [2.75, 3.05) is 6.61 Å². The molecule has 0 unspecified atom stereocenters. The van der Waals surface area contributed by atoms with Gasteiger partial charge in [0.25, 0.3) is 0 Å². The van der Waals surface area contributed by atoms with Crippen molar-refractivity contribution in [2.45, 2.75) is 43.7 Å². The molecule has 106 valence electrons. The van der Waals surface area contributed by atoms with E-state index in [1.807, 2.05) is 13.8 Å². The summed E-state index contributed by atoms with van der Waals surface area (Å²) in [7, 11) is -3.61. The molecule has 0 bridgehead atoms. The molecule has 2 atom stereocenters. The van der Waals surface area contributed by atoms with E-state index >= 15 is 0 Å². The monoisotopic (exact) mass is 303 g/mol. The van der Waals surface area contributed by atoms with E-state index in [-0.39, 0.29) is 22.1 Å². The zero-order valence-corrected chi connectivity index (χ0v) is 12.6. The standard InChI is InChI=1S/C13H18ClNO3S/c1-9-5-6-13(11(14)8-9)19(16,17)15-10(2)12-4-3-7-18-12/h5-6,8,10,12,15H,3-4,7H2,1-2H3/t10-,12-/m0/s1. The summed E-state index contributed by atoms with van der Waals surface area (Å²) >= 11 is 6.01.